The molecule has 0 heterocycles. The van der Waals surface area contributed by atoms with Crippen LogP contribution in [0.4, 0.5) is 0 Å². The molecule has 0 atom stereocenters. The van der Waals surface area contributed by atoms with Gasteiger partial charge < -0.3 is 0 Å². The quantitative estimate of drug-likeness (QED) is 0.343. The first kappa shape index (κ1) is 19.7. The van der Waals surface area contributed by atoms with Crippen molar-refractivity contribution in [1.29, 1.82) is 0 Å². The van der Waals surface area contributed by atoms with Crippen LogP contribution in [-0.2, 0) is 0 Å². The highest BCUT2D eigenvalue weighted by atomic mass is 79.9. The Morgan fingerprint density at radius 3 is 1.44 bits per heavy atom. The van der Waals surface area contributed by atoms with E-state index in [2.05, 4.69) is 31.9 Å². The molecule has 0 amide bonds. The van der Waals surface area contributed by atoms with E-state index in [-0.39, 0.29) is 17.5 Å². The number of ketones is 2. The van der Waals surface area contributed by atoms with Crippen molar-refractivity contribution >= 4 is 43.4 Å². The molecule has 2 nitrogen and oxygen atoms in total. The molecule has 0 fully saturated rings. The molecular formula is C23H18Br2O2. The summed E-state index contributed by atoms with van der Waals surface area (Å²) in [5, 5.41) is 0. The fraction of sp³-hybridized carbons (Fsp3) is 0.130. The van der Waals surface area contributed by atoms with Crippen molar-refractivity contribution in [2.45, 2.75) is 18.8 Å². The maximum Gasteiger partial charge on any atom is 0.163 e. The Morgan fingerprint density at radius 1 is 0.630 bits per heavy atom. The number of rotatable bonds is 7. The molecular weight excluding hydrogens is 468 g/mol. The lowest BCUT2D eigenvalue weighted by molar-refractivity contribution is 0.0944. The molecule has 0 N–H and O–H groups in total. The first-order valence-electron chi connectivity index (χ1n) is 8.65. The molecule has 0 aliphatic carbocycles. The Hall–Kier alpha value is -2.04. The lowest BCUT2D eigenvalue weighted by Crippen LogP contribution is -2.12. The number of carbonyl (C=O) groups excluding carboxylic acids is 2. The summed E-state index contributed by atoms with van der Waals surface area (Å²) in [6.45, 7) is 0. The third kappa shape index (κ3) is 5.47. The van der Waals surface area contributed by atoms with E-state index in [4.69, 9.17) is 0 Å². The number of Topliss-reactive ketones (excluding diaryl/α,β-unsaturated/α-hetero) is 2. The highest BCUT2D eigenvalue weighted by molar-refractivity contribution is 9.10. The second-order valence-corrected chi connectivity index (χ2v) is 8.21. The number of halogens is 2. The van der Waals surface area contributed by atoms with E-state index in [1.807, 2.05) is 78.9 Å². The SMILES string of the molecule is O=C(CC(CC(=O)c1ccc(Br)cc1)c1ccccc1)c1ccc(Br)cc1. The molecule has 0 aromatic heterocycles. The highest BCUT2D eigenvalue weighted by Gasteiger charge is 2.21. The molecule has 0 spiro atoms. The Balaban J connectivity index is 1.81. The summed E-state index contributed by atoms with van der Waals surface area (Å²) in [5.41, 5.74) is 2.33. The number of hydrogen-bond acceptors (Lipinski definition) is 2. The van der Waals surface area contributed by atoms with Gasteiger partial charge in [-0.3, -0.25) is 9.59 Å². The number of carbonyl (C=O) groups is 2. The summed E-state index contributed by atoms with van der Waals surface area (Å²) < 4.78 is 1.87. The van der Waals surface area contributed by atoms with Crippen LogP contribution in [0.2, 0.25) is 0 Å². The normalized spacial score (nSPS) is 10.8. The summed E-state index contributed by atoms with van der Waals surface area (Å²) in [7, 11) is 0. The Kier molecular flexibility index (Phi) is 6.75. The summed E-state index contributed by atoms with van der Waals surface area (Å²) >= 11 is 6.77. The smallest absolute Gasteiger partial charge is 0.163 e. The van der Waals surface area contributed by atoms with Crippen LogP contribution in [0.25, 0.3) is 0 Å². The molecule has 3 rings (SSSR count). The van der Waals surface area contributed by atoms with Gasteiger partial charge in [0.25, 0.3) is 0 Å². The average molecular weight is 486 g/mol. The van der Waals surface area contributed by atoms with Crippen LogP contribution in [0.1, 0.15) is 45.0 Å². The van der Waals surface area contributed by atoms with Crippen LogP contribution in [0.3, 0.4) is 0 Å². The zero-order valence-electron chi connectivity index (χ0n) is 14.6. The first-order chi connectivity index (χ1) is 13.0. The molecule has 0 saturated carbocycles. The molecule has 0 bridgehead atoms. The van der Waals surface area contributed by atoms with Crippen LogP contribution in [0, 0.1) is 0 Å². The summed E-state index contributed by atoms with van der Waals surface area (Å²) in [4.78, 5) is 25.5. The third-order valence-corrected chi connectivity index (χ3v) is 5.52. The average Bonchev–Trinajstić information content (AvgIpc) is 2.69. The van der Waals surface area contributed by atoms with E-state index in [1.54, 1.807) is 0 Å². The van der Waals surface area contributed by atoms with Gasteiger partial charge in [-0.05, 0) is 35.7 Å². The molecule has 0 aliphatic heterocycles. The van der Waals surface area contributed by atoms with Gasteiger partial charge in [0.15, 0.2) is 11.6 Å². The van der Waals surface area contributed by atoms with Gasteiger partial charge in [-0.1, -0.05) is 86.5 Å². The van der Waals surface area contributed by atoms with Gasteiger partial charge in [0, 0.05) is 32.9 Å². The molecule has 27 heavy (non-hydrogen) atoms. The van der Waals surface area contributed by atoms with Crippen molar-refractivity contribution in [2.75, 3.05) is 0 Å². The first-order valence-corrected chi connectivity index (χ1v) is 10.2. The molecule has 3 aromatic rings. The fourth-order valence-electron chi connectivity index (χ4n) is 2.99. The fourth-order valence-corrected chi connectivity index (χ4v) is 3.52. The van der Waals surface area contributed by atoms with Gasteiger partial charge in [-0.15, -0.1) is 0 Å². The minimum Gasteiger partial charge on any atom is -0.294 e. The van der Waals surface area contributed by atoms with Gasteiger partial charge in [-0.2, -0.15) is 0 Å². The van der Waals surface area contributed by atoms with Crippen molar-refractivity contribution in [2.24, 2.45) is 0 Å². The largest absolute Gasteiger partial charge is 0.294 e. The van der Waals surface area contributed by atoms with Gasteiger partial charge in [0.05, 0.1) is 0 Å². The molecule has 0 radical (unpaired) electrons. The molecule has 0 saturated heterocycles. The molecule has 0 unspecified atom stereocenters. The monoisotopic (exact) mass is 484 g/mol. The maximum absolute atomic E-state index is 12.8. The molecule has 0 aliphatic rings. The second kappa shape index (κ2) is 9.25. The van der Waals surface area contributed by atoms with E-state index in [0.717, 1.165) is 14.5 Å². The lowest BCUT2D eigenvalue weighted by Gasteiger charge is -2.16. The zero-order valence-corrected chi connectivity index (χ0v) is 17.7. The maximum atomic E-state index is 12.8. The van der Waals surface area contributed by atoms with Crippen LogP contribution >= 0.6 is 31.9 Å². The number of hydrogen-bond donors (Lipinski definition) is 0. The third-order valence-electron chi connectivity index (χ3n) is 4.47. The predicted molar refractivity (Wildman–Crippen MR) is 115 cm³/mol. The zero-order chi connectivity index (χ0) is 19.2. The highest BCUT2D eigenvalue weighted by Crippen LogP contribution is 2.28. The van der Waals surface area contributed by atoms with Gasteiger partial charge >= 0.3 is 0 Å². The van der Waals surface area contributed by atoms with Crippen LogP contribution < -0.4 is 0 Å². The molecule has 136 valence electrons. The van der Waals surface area contributed by atoms with Crippen LogP contribution in [-0.4, -0.2) is 11.6 Å². The summed E-state index contributed by atoms with van der Waals surface area (Å²) in [6, 6.07) is 24.5. The van der Waals surface area contributed by atoms with Crippen molar-refractivity contribution in [3.05, 3.63) is 104 Å². The van der Waals surface area contributed by atoms with Crippen molar-refractivity contribution in [1.82, 2.24) is 0 Å². The van der Waals surface area contributed by atoms with E-state index in [0.29, 0.717) is 24.0 Å². The van der Waals surface area contributed by atoms with Crippen LogP contribution in [0.15, 0.2) is 87.8 Å². The van der Waals surface area contributed by atoms with Crippen molar-refractivity contribution in [3.63, 3.8) is 0 Å². The Bertz CT molecular complexity index is 857. The van der Waals surface area contributed by atoms with Crippen LogP contribution in [0.5, 0.6) is 0 Å². The van der Waals surface area contributed by atoms with Gasteiger partial charge in [0.2, 0.25) is 0 Å². The van der Waals surface area contributed by atoms with E-state index < -0.39 is 0 Å². The second-order valence-electron chi connectivity index (χ2n) is 6.38. The van der Waals surface area contributed by atoms with Crippen molar-refractivity contribution in [3.8, 4) is 0 Å². The predicted octanol–water partition coefficient (Wildman–Crippen LogP) is 6.84. The molecule has 3 aromatic carbocycles. The number of benzene rings is 3. The minimum atomic E-state index is -0.154. The summed E-state index contributed by atoms with van der Waals surface area (Å²) in [5.74, 6) is -0.0709. The molecule has 4 heteroatoms. The van der Waals surface area contributed by atoms with Gasteiger partial charge in [0.1, 0.15) is 0 Å². The van der Waals surface area contributed by atoms with Gasteiger partial charge in [-0.25, -0.2) is 0 Å². The topological polar surface area (TPSA) is 34.1 Å². The lowest BCUT2D eigenvalue weighted by atomic mass is 9.86. The Morgan fingerprint density at radius 2 is 1.04 bits per heavy atom. The summed E-state index contributed by atoms with van der Waals surface area (Å²) in [6.07, 6.45) is 0.599. The minimum absolute atomic E-state index is 0.0416. The van der Waals surface area contributed by atoms with E-state index >= 15 is 0 Å². The van der Waals surface area contributed by atoms with Crippen molar-refractivity contribution < 1.29 is 9.59 Å². The Labute approximate surface area is 175 Å². The van der Waals surface area contributed by atoms with E-state index in [1.165, 1.54) is 0 Å². The van der Waals surface area contributed by atoms with E-state index in [9.17, 15) is 9.59 Å². The standard InChI is InChI=1S/C23H18Br2O2/c24-20-10-6-17(7-11-20)22(26)14-19(16-4-2-1-3-5-16)15-23(27)18-8-12-21(25)13-9-18/h1-13,19H,14-15H2.